The Kier molecular flexibility index (Phi) is 4.52. The molecule has 26 heavy (non-hydrogen) atoms. The number of rotatable bonds is 4. The average Bonchev–Trinajstić information content (AvgIpc) is 3.19. The van der Waals surface area contributed by atoms with E-state index >= 15 is 0 Å². The van der Waals surface area contributed by atoms with E-state index in [2.05, 4.69) is 22.3 Å². The molecule has 0 radical (unpaired) electrons. The van der Waals surface area contributed by atoms with Gasteiger partial charge in [-0.1, -0.05) is 31.4 Å². The third-order valence-electron chi connectivity index (χ3n) is 5.04. The molecule has 0 atom stereocenters. The molecule has 1 aliphatic carbocycles. The van der Waals surface area contributed by atoms with Crippen LogP contribution < -0.4 is 0 Å². The van der Waals surface area contributed by atoms with Crippen LogP contribution in [0, 0.1) is 0 Å². The summed E-state index contributed by atoms with van der Waals surface area (Å²) in [5.41, 5.74) is 3.21. The number of aromatic nitrogens is 2. The fourth-order valence-corrected chi connectivity index (χ4v) is 3.55. The molecule has 0 spiro atoms. The number of carboxylic acid groups (broad SMARTS) is 1. The Balaban J connectivity index is 1.53. The van der Waals surface area contributed by atoms with E-state index in [1.807, 2.05) is 12.1 Å². The maximum Gasteiger partial charge on any atom is 0.335 e. The summed E-state index contributed by atoms with van der Waals surface area (Å²) in [6.07, 6.45) is 6.54. The number of hydrogen-bond acceptors (Lipinski definition) is 4. The zero-order valence-corrected chi connectivity index (χ0v) is 14.4. The second kappa shape index (κ2) is 7.12. The highest BCUT2D eigenvalue weighted by Gasteiger charge is 2.16. The first-order chi connectivity index (χ1) is 12.7. The minimum absolute atomic E-state index is 0.229. The molecule has 1 heterocycles. The molecular formula is C21H20N2O3. The lowest BCUT2D eigenvalue weighted by Gasteiger charge is -2.21. The predicted molar refractivity (Wildman–Crippen MR) is 98.0 cm³/mol. The first-order valence-corrected chi connectivity index (χ1v) is 8.98. The number of hydrogen-bond donors (Lipinski definition) is 1. The van der Waals surface area contributed by atoms with Gasteiger partial charge >= 0.3 is 5.97 Å². The maximum absolute atomic E-state index is 10.9. The van der Waals surface area contributed by atoms with Crippen molar-refractivity contribution in [3.05, 3.63) is 59.7 Å². The van der Waals surface area contributed by atoms with Crippen LogP contribution in [0.15, 0.2) is 52.9 Å². The molecule has 0 saturated heterocycles. The summed E-state index contributed by atoms with van der Waals surface area (Å²) in [5.74, 6) is 0.565. The quantitative estimate of drug-likeness (QED) is 0.705. The van der Waals surface area contributed by atoms with E-state index in [4.69, 9.17) is 9.52 Å². The summed E-state index contributed by atoms with van der Waals surface area (Å²) in [6.45, 7) is 0. The Hall–Kier alpha value is -2.95. The first-order valence-electron chi connectivity index (χ1n) is 8.98. The van der Waals surface area contributed by atoms with Crippen molar-refractivity contribution >= 4 is 5.97 Å². The van der Waals surface area contributed by atoms with E-state index in [9.17, 15) is 4.79 Å². The van der Waals surface area contributed by atoms with Gasteiger partial charge in [0.2, 0.25) is 11.8 Å². The van der Waals surface area contributed by atoms with Crippen LogP contribution >= 0.6 is 0 Å². The molecule has 0 unspecified atom stereocenters. The van der Waals surface area contributed by atoms with Gasteiger partial charge in [0.05, 0.1) is 5.56 Å². The van der Waals surface area contributed by atoms with Crippen molar-refractivity contribution in [1.82, 2.24) is 10.2 Å². The molecule has 1 aromatic heterocycles. The Labute approximate surface area is 151 Å². The Morgan fingerprint density at radius 2 is 1.38 bits per heavy atom. The lowest BCUT2D eigenvalue weighted by atomic mass is 9.84. The third kappa shape index (κ3) is 3.38. The molecule has 0 bridgehead atoms. The van der Waals surface area contributed by atoms with E-state index in [0.29, 0.717) is 23.3 Å². The molecule has 5 heteroatoms. The minimum Gasteiger partial charge on any atom is -0.478 e. The molecule has 1 saturated carbocycles. The van der Waals surface area contributed by atoms with Crippen LogP contribution in [0.5, 0.6) is 0 Å². The zero-order valence-electron chi connectivity index (χ0n) is 14.4. The fraction of sp³-hybridized carbons (Fsp3) is 0.286. The Morgan fingerprint density at radius 3 is 1.92 bits per heavy atom. The largest absolute Gasteiger partial charge is 0.478 e. The van der Waals surface area contributed by atoms with Crippen LogP contribution in [-0.4, -0.2) is 21.3 Å². The third-order valence-corrected chi connectivity index (χ3v) is 5.04. The number of benzene rings is 2. The van der Waals surface area contributed by atoms with Gasteiger partial charge in [-0.25, -0.2) is 4.79 Å². The zero-order chi connectivity index (χ0) is 17.9. The molecule has 3 aromatic rings. The SMILES string of the molecule is O=C(O)c1ccc(-c2nnc(-c3ccc(C4CCCCC4)cc3)o2)cc1. The van der Waals surface area contributed by atoms with Crippen molar-refractivity contribution in [3.63, 3.8) is 0 Å². The van der Waals surface area contributed by atoms with Gasteiger partial charge in [0.15, 0.2) is 0 Å². The summed E-state index contributed by atoms with van der Waals surface area (Å²) in [5, 5.41) is 17.2. The van der Waals surface area contributed by atoms with E-state index in [1.165, 1.54) is 49.8 Å². The van der Waals surface area contributed by atoms with Crippen LogP contribution in [0.25, 0.3) is 22.9 Å². The summed E-state index contributed by atoms with van der Waals surface area (Å²) in [4.78, 5) is 10.9. The van der Waals surface area contributed by atoms with Crippen LogP contribution in [0.3, 0.4) is 0 Å². The number of aromatic carboxylic acids is 1. The van der Waals surface area contributed by atoms with Crippen LogP contribution in [0.2, 0.25) is 0 Å². The van der Waals surface area contributed by atoms with Crippen LogP contribution in [-0.2, 0) is 0 Å². The van der Waals surface area contributed by atoms with Gasteiger partial charge in [0.25, 0.3) is 0 Å². The van der Waals surface area contributed by atoms with Crippen molar-refractivity contribution in [3.8, 4) is 22.9 Å². The molecular weight excluding hydrogens is 328 g/mol. The first kappa shape index (κ1) is 16.5. The highest BCUT2D eigenvalue weighted by atomic mass is 16.4. The topological polar surface area (TPSA) is 76.2 Å². The van der Waals surface area contributed by atoms with Crippen LogP contribution in [0.4, 0.5) is 0 Å². The Morgan fingerprint density at radius 1 is 0.846 bits per heavy atom. The molecule has 1 N–H and O–H groups in total. The second-order valence-electron chi connectivity index (χ2n) is 6.75. The molecule has 0 aliphatic heterocycles. The van der Waals surface area contributed by atoms with Crippen molar-refractivity contribution in [2.45, 2.75) is 38.0 Å². The van der Waals surface area contributed by atoms with Gasteiger partial charge in [-0.2, -0.15) is 0 Å². The van der Waals surface area contributed by atoms with Crippen molar-refractivity contribution < 1.29 is 14.3 Å². The Bertz CT molecular complexity index is 892. The molecule has 1 fully saturated rings. The molecule has 5 nitrogen and oxygen atoms in total. The maximum atomic E-state index is 10.9. The smallest absolute Gasteiger partial charge is 0.335 e. The summed E-state index contributed by atoms with van der Waals surface area (Å²) in [6, 6.07) is 14.8. The molecule has 4 rings (SSSR count). The second-order valence-corrected chi connectivity index (χ2v) is 6.75. The molecule has 1 aliphatic rings. The normalized spacial score (nSPS) is 15.1. The van der Waals surface area contributed by atoms with Crippen molar-refractivity contribution in [2.75, 3.05) is 0 Å². The number of nitrogens with zero attached hydrogens (tertiary/aromatic N) is 2. The standard InChI is InChI=1S/C21H20N2O3/c24-21(25)18-12-10-17(11-13-18)20-23-22-19(26-20)16-8-6-15(7-9-16)14-4-2-1-3-5-14/h6-14H,1-5H2,(H,24,25). The van der Waals surface area contributed by atoms with E-state index < -0.39 is 5.97 Å². The van der Waals surface area contributed by atoms with Crippen molar-refractivity contribution in [1.29, 1.82) is 0 Å². The van der Waals surface area contributed by atoms with Gasteiger partial charge in [0.1, 0.15) is 0 Å². The molecule has 0 amide bonds. The monoisotopic (exact) mass is 348 g/mol. The van der Waals surface area contributed by atoms with Crippen molar-refractivity contribution in [2.24, 2.45) is 0 Å². The van der Waals surface area contributed by atoms with E-state index in [-0.39, 0.29) is 5.56 Å². The fourth-order valence-electron chi connectivity index (χ4n) is 3.55. The van der Waals surface area contributed by atoms with E-state index in [0.717, 1.165) is 5.56 Å². The molecule has 2 aromatic carbocycles. The van der Waals surface area contributed by atoms with Gasteiger partial charge in [0, 0.05) is 11.1 Å². The molecule has 132 valence electrons. The average molecular weight is 348 g/mol. The lowest BCUT2D eigenvalue weighted by molar-refractivity contribution is 0.0697. The highest BCUT2D eigenvalue weighted by Crippen LogP contribution is 2.33. The van der Waals surface area contributed by atoms with Gasteiger partial charge in [-0.05, 0) is 60.7 Å². The minimum atomic E-state index is -0.958. The number of carbonyl (C=O) groups is 1. The van der Waals surface area contributed by atoms with Gasteiger partial charge in [-0.15, -0.1) is 10.2 Å². The number of carboxylic acids is 1. The lowest BCUT2D eigenvalue weighted by Crippen LogP contribution is -2.04. The van der Waals surface area contributed by atoms with Crippen LogP contribution in [0.1, 0.15) is 53.9 Å². The predicted octanol–water partition coefficient (Wildman–Crippen LogP) is 5.15. The summed E-state index contributed by atoms with van der Waals surface area (Å²) < 4.78 is 5.77. The summed E-state index contributed by atoms with van der Waals surface area (Å²) in [7, 11) is 0. The van der Waals surface area contributed by atoms with Gasteiger partial charge in [-0.3, -0.25) is 0 Å². The van der Waals surface area contributed by atoms with Gasteiger partial charge < -0.3 is 9.52 Å². The van der Waals surface area contributed by atoms with E-state index in [1.54, 1.807) is 12.1 Å². The summed E-state index contributed by atoms with van der Waals surface area (Å²) >= 11 is 0. The highest BCUT2D eigenvalue weighted by molar-refractivity contribution is 5.88.